The molecule has 0 amide bonds. The Kier molecular flexibility index (Phi) is 6.11. The second-order valence-corrected chi connectivity index (χ2v) is 10.4. The standard InChI is InChI=1S/C18H25BrN2O2S/c1-14-11-16(13-18(2,3)12-14)21(10-4-9-20)24(22,23)17-7-5-15(19)6-8-17/h5-8,14,16H,4,10-13H2,1-3H3/t14-,16+/m0/s1. The van der Waals surface area contributed by atoms with Gasteiger partial charge >= 0.3 is 0 Å². The van der Waals surface area contributed by atoms with Gasteiger partial charge in [0.25, 0.3) is 0 Å². The number of rotatable bonds is 5. The van der Waals surface area contributed by atoms with E-state index in [0.29, 0.717) is 10.8 Å². The summed E-state index contributed by atoms with van der Waals surface area (Å²) < 4.78 is 28.7. The van der Waals surface area contributed by atoms with Gasteiger partial charge in [-0.3, -0.25) is 0 Å². The van der Waals surface area contributed by atoms with Crippen molar-refractivity contribution in [1.82, 2.24) is 4.31 Å². The molecule has 1 aliphatic rings. The van der Waals surface area contributed by atoms with E-state index in [9.17, 15) is 8.42 Å². The molecule has 132 valence electrons. The highest BCUT2D eigenvalue weighted by Gasteiger charge is 2.39. The monoisotopic (exact) mass is 412 g/mol. The van der Waals surface area contributed by atoms with Gasteiger partial charge in [0.15, 0.2) is 0 Å². The Bertz CT molecular complexity index is 708. The van der Waals surface area contributed by atoms with E-state index in [1.165, 1.54) is 0 Å². The second kappa shape index (κ2) is 7.55. The highest BCUT2D eigenvalue weighted by molar-refractivity contribution is 9.10. The second-order valence-electron chi connectivity index (χ2n) is 7.54. The van der Waals surface area contributed by atoms with Crippen LogP contribution in [0, 0.1) is 22.7 Å². The summed E-state index contributed by atoms with van der Waals surface area (Å²) in [6.45, 7) is 6.83. The van der Waals surface area contributed by atoms with Crippen LogP contribution in [0.3, 0.4) is 0 Å². The van der Waals surface area contributed by atoms with Crippen LogP contribution >= 0.6 is 15.9 Å². The molecule has 6 heteroatoms. The van der Waals surface area contributed by atoms with Gasteiger partial charge in [-0.05, 0) is 54.9 Å². The molecule has 0 saturated heterocycles. The van der Waals surface area contributed by atoms with Gasteiger partial charge in [0, 0.05) is 23.5 Å². The van der Waals surface area contributed by atoms with Crippen molar-refractivity contribution in [2.45, 2.75) is 57.4 Å². The van der Waals surface area contributed by atoms with Gasteiger partial charge in [-0.25, -0.2) is 8.42 Å². The van der Waals surface area contributed by atoms with Gasteiger partial charge < -0.3 is 0 Å². The first-order valence-electron chi connectivity index (χ1n) is 8.30. The maximum absolute atomic E-state index is 13.2. The predicted octanol–water partition coefficient (Wildman–Crippen LogP) is 4.57. The van der Waals surface area contributed by atoms with Crippen LogP contribution in [-0.4, -0.2) is 25.3 Å². The van der Waals surface area contributed by atoms with E-state index in [4.69, 9.17) is 5.26 Å². The lowest BCUT2D eigenvalue weighted by molar-refractivity contribution is 0.112. The van der Waals surface area contributed by atoms with Gasteiger partial charge in [0.05, 0.1) is 11.0 Å². The van der Waals surface area contributed by atoms with Crippen molar-refractivity contribution >= 4 is 26.0 Å². The molecular formula is C18H25BrN2O2S. The maximum atomic E-state index is 13.2. The van der Waals surface area contributed by atoms with Crippen molar-refractivity contribution in [3.63, 3.8) is 0 Å². The molecule has 4 nitrogen and oxygen atoms in total. The van der Waals surface area contributed by atoms with E-state index < -0.39 is 10.0 Å². The summed E-state index contributed by atoms with van der Waals surface area (Å²) in [6.07, 6.45) is 3.00. The highest BCUT2D eigenvalue weighted by Crippen LogP contribution is 2.41. The molecule has 0 radical (unpaired) electrons. The largest absolute Gasteiger partial charge is 0.243 e. The minimum absolute atomic E-state index is 0.0502. The Labute approximate surface area is 154 Å². The van der Waals surface area contributed by atoms with Crippen molar-refractivity contribution in [3.8, 4) is 6.07 Å². The Morgan fingerprint density at radius 2 is 1.92 bits per heavy atom. The molecule has 2 rings (SSSR count). The first-order chi connectivity index (χ1) is 11.2. The number of sulfonamides is 1. The number of nitrogens with zero attached hydrogens (tertiary/aromatic N) is 2. The zero-order valence-electron chi connectivity index (χ0n) is 14.5. The normalized spacial score (nSPS) is 23.8. The third-order valence-corrected chi connectivity index (χ3v) is 7.13. The molecule has 0 spiro atoms. The van der Waals surface area contributed by atoms with E-state index in [1.54, 1.807) is 28.6 Å². The average molecular weight is 413 g/mol. The third-order valence-electron chi connectivity index (χ3n) is 4.64. The number of hydrogen-bond acceptors (Lipinski definition) is 3. The summed E-state index contributed by atoms with van der Waals surface area (Å²) in [5, 5.41) is 8.96. The zero-order chi connectivity index (χ0) is 18.0. The molecule has 0 bridgehead atoms. The van der Waals surface area contributed by atoms with Crippen molar-refractivity contribution in [2.24, 2.45) is 11.3 Å². The van der Waals surface area contributed by atoms with Gasteiger partial charge in [-0.15, -0.1) is 0 Å². The van der Waals surface area contributed by atoms with Crippen molar-refractivity contribution < 1.29 is 8.42 Å². The molecule has 0 heterocycles. The molecule has 1 fully saturated rings. The van der Waals surface area contributed by atoms with E-state index >= 15 is 0 Å². The lowest BCUT2D eigenvalue weighted by Gasteiger charge is -2.43. The van der Waals surface area contributed by atoms with Gasteiger partial charge in [0.1, 0.15) is 0 Å². The summed E-state index contributed by atoms with van der Waals surface area (Å²) in [5.74, 6) is 0.475. The van der Waals surface area contributed by atoms with Gasteiger partial charge in [-0.2, -0.15) is 9.57 Å². The molecule has 1 saturated carbocycles. The topological polar surface area (TPSA) is 61.2 Å². The molecule has 0 aromatic heterocycles. The zero-order valence-corrected chi connectivity index (χ0v) is 16.9. The molecule has 1 aromatic carbocycles. The smallest absolute Gasteiger partial charge is 0.207 e. The summed E-state index contributed by atoms with van der Waals surface area (Å²) >= 11 is 3.34. The fourth-order valence-electron chi connectivity index (χ4n) is 3.92. The van der Waals surface area contributed by atoms with Crippen LogP contribution in [-0.2, 0) is 10.0 Å². The van der Waals surface area contributed by atoms with Crippen LogP contribution in [0.2, 0.25) is 0 Å². The summed E-state index contributed by atoms with van der Waals surface area (Å²) in [6, 6.07) is 8.76. The Balaban J connectivity index is 2.37. The average Bonchev–Trinajstić information content (AvgIpc) is 2.45. The maximum Gasteiger partial charge on any atom is 0.243 e. The van der Waals surface area contributed by atoms with E-state index in [-0.39, 0.29) is 24.4 Å². The molecule has 0 unspecified atom stereocenters. The number of nitriles is 1. The summed E-state index contributed by atoms with van der Waals surface area (Å²) in [7, 11) is -3.60. The van der Waals surface area contributed by atoms with E-state index in [1.807, 2.05) is 0 Å². The van der Waals surface area contributed by atoms with E-state index in [0.717, 1.165) is 23.7 Å². The van der Waals surface area contributed by atoms with Crippen LogP contribution in [0.25, 0.3) is 0 Å². The first-order valence-corrected chi connectivity index (χ1v) is 10.5. The van der Waals surface area contributed by atoms with Crippen molar-refractivity contribution in [2.75, 3.05) is 6.54 Å². The number of hydrogen-bond donors (Lipinski definition) is 0. The lowest BCUT2D eigenvalue weighted by atomic mass is 9.70. The summed E-state index contributed by atoms with van der Waals surface area (Å²) in [4.78, 5) is 0.291. The molecule has 0 aliphatic heterocycles. The highest BCUT2D eigenvalue weighted by atomic mass is 79.9. The van der Waals surface area contributed by atoms with Crippen LogP contribution in [0.1, 0.15) is 46.5 Å². The number of halogens is 1. The Morgan fingerprint density at radius 3 is 2.46 bits per heavy atom. The Morgan fingerprint density at radius 1 is 1.29 bits per heavy atom. The molecule has 1 aromatic rings. The predicted molar refractivity (Wildman–Crippen MR) is 98.8 cm³/mol. The van der Waals surface area contributed by atoms with Crippen LogP contribution < -0.4 is 0 Å². The molecule has 0 N–H and O–H groups in total. The van der Waals surface area contributed by atoms with Crippen LogP contribution in [0.5, 0.6) is 0 Å². The molecule has 1 aliphatic carbocycles. The van der Waals surface area contributed by atoms with Gasteiger partial charge in [0.2, 0.25) is 10.0 Å². The third kappa shape index (κ3) is 4.59. The fourth-order valence-corrected chi connectivity index (χ4v) is 5.82. The molecule has 24 heavy (non-hydrogen) atoms. The first kappa shape index (κ1) is 19.4. The minimum atomic E-state index is -3.60. The summed E-state index contributed by atoms with van der Waals surface area (Å²) in [5.41, 5.74) is 0.114. The van der Waals surface area contributed by atoms with Crippen molar-refractivity contribution in [3.05, 3.63) is 28.7 Å². The van der Waals surface area contributed by atoms with Crippen molar-refractivity contribution in [1.29, 1.82) is 5.26 Å². The fraction of sp³-hybridized carbons (Fsp3) is 0.611. The quantitative estimate of drug-likeness (QED) is 0.711. The molecular weight excluding hydrogens is 388 g/mol. The SMILES string of the molecule is C[C@H]1C[C@@H](N(CCC#N)S(=O)(=O)c2ccc(Br)cc2)CC(C)(C)C1. The van der Waals surface area contributed by atoms with Crippen LogP contribution in [0.4, 0.5) is 0 Å². The van der Waals surface area contributed by atoms with Crippen LogP contribution in [0.15, 0.2) is 33.6 Å². The Hall–Kier alpha value is -0.900. The lowest BCUT2D eigenvalue weighted by Crippen LogP contribution is -2.46. The minimum Gasteiger partial charge on any atom is -0.207 e. The van der Waals surface area contributed by atoms with E-state index in [2.05, 4.69) is 42.8 Å². The number of benzene rings is 1. The van der Waals surface area contributed by atoms with Gasteiger partial charge in [-0.1, -0.05) is 36.7 Å². The molecule has 2 atom stereocenters.